The second-order valence-electron chi connectivity index (χ2n) is 6.56. The van der Waals surface area contributed by atoms with E-state index >= 15 is 0 Å². The Kier molecular flexibility index (Phi) is 5.55. The molecule has 1 aromatic carbocycles. The Morgan fingerprint density at radius 1 is 1.42 bits per heavy atom. The van der Waals surface area contributed by atoms with Gasteiger partial charge in [-0.3, -0.25) is 9.59 Å². The number of imidazole rings is 1. The number of benzene rings is 1. The van der Waals surface area contributed by atoms with E-state index in [1.807, 2.05) is 29.2 Å². The van der Waals surface area contributed by atoms with Gasteiger partial charge in [0.15, 0.2) is 0 Å². The average molecular weight is 356 g/mol. The summed E-state index contributed by atoms with van der Waals surface area (Å²) in [7, 11) is 1.62. The lowest BCUT2D eigenvalue weighted by Gasteiger charge is -2.16. The molecule has 1 aliphatic rings. The molecule has 1 aliphatic heterocycles. The Morgan fingerprint density at radius 3 is 3.04 bits per heavy atom. The summed E-state index contributed by atoms with van der Waals surface area (Å²) in [6.07, 6.45) is 3.00. The molecule has 7 nitrogen and oxygen atoms in total. The van der Waals surface area contributed by atoms with Crippen LogP contribution in [0.4, 0.5) is 0 Å². The highest BCUT2D eigenvalue weighted by atomic mass is 16.5. The smallest absolute Gasteiger partial charge is 0.227 e. The number of rotatable bonds is 6. The number of methoxy groups -OCH3 is 1. The summed E-state index contributed by atoms with van der Waals surface area (Å²) in [6.45, 7) is 3.32. The SMILES string of the molecule is COc1cccc(CC(=O)N2CC[C@@H](c3ncc(CNC(C)=O)[nH]3)C2)c1. The number of aromatic nitrogens is 2. The molecule has 26 heavy (non-hydrogen) atoms. The summed E-state index contributed by atoms with van der Waals surface area (Å²) in [6, 6.07) is 7.60. The number of carbonyl (C=O) groups is 2. The number of likely N-dealkylation sites (tertiary alicyclic amines) is 1. The van der Waals surface area contributed by atoms with Gasteiger partial charge in [0.2, 0.25) is 11.8 Å². The first-order chi connectivity index (χ1) is 12.5. The Labute approximate surface area is 152 Å². The third-order valence-electron chi connectivity index (χ3n) is 4.59. The molecule has 0 unspecified atom stereocenters. The number of carbonyl (C=O) groups excluding carboxylic acids is 2. The molecule has 0 spiro atoms. The molecule has 3 rings (SSSR count). The van der Waals surface area contributed by atoms with Crippen molar-refractivity contribution >= 4 is 11.8 Å². The van der Waals surface area contributed by atoms with Gasteiger partial charge < -0.3 is 19.9 Å². The zero-order valence-corrected chi connectivity index (χ0v) is 15.1. The van der Waals surface area contributed by atoms with Crippen LogP contribution in [-0.4, -0.2) is 46.9 Å². The Balaban J connectivity index is 1.56. The second-order valence-corrected chi connectivity index (χ2v) is 6.56. The summed E-state index contributed by atoms with van der Waals surface area (Å²) in [5, 5.41) is 2.74. The molecule has 0 aliphatic carbocycles. The van der Waals surface area contributed by atoms with E-state index in [0.29, 0.717) is 19.5 Å². The van der Waals surface area contributed by atoms with Crippen molar-refractivity contribution in [1.29, 1.82) is 0 Å². The number of nitrogens with one attached hydrogen (secondary N) is 2. The van der Waals surface area contributed by atoms with E-state index in [-0.39, 0.29) is 17.7 Å². The quantitative estimate of drug-likeness (QED) is 0.823. The van der Waals surface area contributed by atoms with Gasteiger partial charge in [0.25, 0.3) is 0 Å². The minimum absolute atomic E-state index is 0.0728. The fraction of sp³-hybridized carbons (Fsp3) is 0.421. The first kappa shape index (κ1) is 18.0. The molecule has 1 aromatic heterocycles. The van der Waals surface area contributed by atoms with Gasteiger partial charge >= 0.3 is 0 Å². The number of hydrogen-bond donors (Lipinski definition) is 2. The van der Waals surface area contributed by atoms with Crippen LogP contribution in [0.25, 0.3) is 0 Å². The van der Waals surface area contributed by atoms with Crippen LogP contribution in [0, 0.1) is 0 Å². The van der Waals surface area contributed by atoms with Gasteiger partial charge in [0.05, 0.1) is 32.0 Å². The number of ether oxygens (including phenoxy) is 1. The summed E-state index contributed by atoms with van der Waals surface area (Å²) in [5.41, 5.74) is 1.82. The molecule has 0 radical (unpaired) electrons. The molecule has 0 bridgehead atoms. The van der Waals surface area contributed by atoms with E-state index in [1.165, 1.54) is 6.92 Å². The van der Waals surface area contributed by atoms with Crippen LogP contribution in [0.15, 0.2) is 30.5 Å². The lowest BCUT2D eigenvalue weighted by atomic mass is 10.1. The van der Waals surface area contributed by atoms with Crippen LogP contribution in [-0.2, 0) is 22.6 Å². The Hall–Kier alpha value is -2.83. The van der Waals surface area contributed by atoms with Crippen molar-refractivity contribution in [2.75, 3.05) is 20.2 Å². The largest absolute Gasteiger partial charge is 0.497 e. The molecule has 1 fully saturated rings. The molecular weight excluding hydrogens is 332 g/mol. The highest BCUT2D eigenvalue weighted by molar-refractivity contribution is 5.79. The van der Waals surface area contributed by atoms with E-state index in [4.69, 9.17) is 4.74 Å². The van der Waals surface area contributed by atoms with Crippen molar-refractivity contribution in [2.45, 2.75) is 32.2 Å². The van der Waals surface area contributed by atoms with Crippen molar-refractivity contribution in [3.63, 3.8) is 0 Å². The van der Waals surface area contributed by atoms with Crippen molar-refractivity contribution in [2.24, 2.45) is 0 Å². The first-order valence-electron chi connectivity index (χ1n) is 8.74. The van der Waals surface area contributed by atoms with E-state index in [2.05, 4.69) is 15.3 Å². The van der Waals surface area contributed by atoms with E-state index in [9.17, 15) is 9.59 Å². The van der Waals surface area contributed by atoms with Gasteiger partial charge in [0, 0.05) is 25.9 Å². The fourth-order valence-electron chi connectivity index (χ4n) is 3.17. The highest BCUT2D eigenvalue weighted by Crippen LogP contribution is 2.26. The van der Waals surface area contributed by atoms with Gasteiger partial charge in [-0.25, -0.2) is 4.98 Å². The summed E-state index contributed by atoms with van der Waals surface area (Å²) in [4.78, 5) is 33.1. The molecule has 7 heteroatoms. The van der Waals surface area contributed by atoms with Crippen LogP contribution in [0.1, 0.15) is 36.3 Å². The van der Waals surface area contributed by atoms with Crippen LogP contribution in [0.3, 0.4) is 0 Å². The van der Waals surface area contributed by atoms with Crippen LogP contribution in [0.2, 0.25) is 0 Å². The Morgan fingerprint density at radius 2 is 2.27 bits per heavy atom. The van der Waals surface area contributed by atoms with Gasteiger partial charge in [-0.1, -0.05) is 12.1 Å². The predicted octanol–water partition coefficient (Wildman–Crippen LogP) is 1.61. The van der Waals surface area contributed by atoms with Crippen molar-refractivity contribution in [3.05, 3.63) is 47.5 Å². The van der Waals surface area contributed by atoms with E-state index in [1.54, 1.807) is 13.3 Å². The molecule has 2 amide bonds. The minimum Gasteiger partial charge on any atom is -0.497 e. The molecule has 1 atom stereocenters. The number of aromatic amines is 1. The van der Waals surface area contributed by atoms with Crippen LogP contribution in [0.5, 0.6) is 5.75 Å². The zero-order chi connectivity index (χ0) is 18.5. The van der Waals surface area contributed by atoms with E-state index in [0.717, 1.165) is 35.8 Å². The van der Waals surface area contributed by atoms with Crippen LogP contribution < -0.4 is 10.1 Å². The topological polar surface area (TPSA) is 87.3 Å². The number of hydrogen-bond acceptors (Lipinski definition) is 4. The normalized spacial score (nSPS) is 16.5. The summed E-state index contributed by atoms with van der Waals surface area (Å²) < 4.78 is 5.21. The molecule has 2 heterocycles. The predicted molar refractivity (Wildman–Crippen MR) is 96.7 cm³/mol. The fourth-order valence-corrected chi connectivity index (χ4v) is 3.17. The Bertz CT molecular complexity index is 787. The van der Waals surface area contributed by atoms with Crippen molar-refractivity contribution in [1.82, 2.24) is 20.2 Å². The summed E-state index contributed by atoms with van der Waals surface area (Å²) >= 11 is 0. The van der Waals surface area contributed by atoms with Gasteiger partial charge in [-0.15, -0.1) is 0 Å². The van der Waals surface area contributed by atoms with Crippen molar-refractivity contribution < 1.29 is 14.3 Å². The zero-order valence-electron chi connectivity index (χ0n) is 15.1. The lowest BCUT2D eigenvalue weighted by Crippen LogP contribution is -2.30. The standard InChI is InChI=1S/C19H24N4O3/c1-13(24)20-10-16-11-21-19(22-16)15-6-7-23(12-15)18(25)9-14-4-3-5-17(8-14)26-2/h3-5,8,11,15H,6-7,9-10,12H2,1-2H3,(H,20,24)(H,21,22)/t15-/m1/s1. The maximum atomic E-state index is 12.6. The lowest BCUT2D eigenvalue weighted by molar-refractivity contribution is -0.129. The minimum atomic E-state index is -0.0728. The molecular formula is C19H24N4O3. The molecule has 138 valence electrons. The maximum absolute atomic E-state index is 12.6. The third-order valence-corrected chi connectivity index (χ3v) is 4.59. The average Bonchev–Trinajstić information content (AvgIpc) is 3.29. The van der Waals surface area contributed by atoms with Gasteiger partial charge in [-0.05, 0) is 24.1 Å². The number of nitrogens with zero attached hydrogens (tertiary/aromatic N) is 2. The van der Waals surface area contributed by atoms with Gasteiger partial charge in [0.1, 0.15) is 11.6 Å². The molecule has 1 saturated heterocycles. The maximum Gasteiger partial charge on any atom is 0.227 e. The van der Waals surface area contributed by atoms with Crippen molar-refractivity contribution in [3.8, 4) is 5.75 Å². The number of amides is 2. The second kappa shape index (κ2) is 8.03. The summed E-state index contributed by atoms with van der Waals surface area (Å²) in [5.74, 6) is 1.89. The third kappa shape index (κ3) is 4.41. The monoisotopic (exact) mass is 356 g/mol. The number of H-pyrrole nitrogens is 1. The van der Waals surface area contributed by atoms with Crippen LogP contribution >= 0.6 is 0 Å². The van der Waals surface area contributed by atoms with Gasteiger partial charge in [-0.2, -0.15) is 0 Å². The first-order valence-corrected chi connectivity index (χ1v) is 8.74. The molecule has 0 saturated carbocycles. The highest BCUT2D eigenvalue weighted by Gasteiger charge is 2.29. The molecule has 2 N–H and O–H groups in total. The molecule has 2 aromatic rings. The van der Waals surface area contributed by atoms with E-state index < -0.39 is 0 Å².